The van der Waals surface area contributed by atoms with Crippen molar-refractivity contribution in [1.82, 2.24) is 5.27 Å². The van der Waals surface area contributed by atoms with E-state index in [9.17, 15) is 5.11 Å². The zero-order valence-corrected chi connectivity index (χ0v) is 12.1. The summed E-state index contributed by atoms with van der Waals surface area (Å²) in [7, 11) is 1.49. The van der Waals surface area contributed by atoms with Crippen molar-refractivity contribution in [3.05, 3.63) is 54.1 Å². The van der Waals surface area contributed by atoms with Gasteiger partial charge in [0.05, 0.1) is 12.7 Å². The molecule has 0 aliphatic carbocycles. The Morgan fingerprint density at radius 1 is 1.23 bits per heavy atom. The number of ether oxygens (including phenoxy) is 1. The Balaban J connectivity index is 2.02. The molecule has 6 nitrogen and oxygen atoms in total. The molecule has 0 amide bonds. The molecule has 0 fully saturated rings. The third-order valence-corrected chi connectivity index (χ3v) is 3.36. The summed E-state index contributed by atoms with van der Waals surface area (Å²) < 4.78 is 11.9. The minimum Gasteiger partial charge on any atom is -0.504 e. The molecular weight excluding hydrogens is 282 g/mol. The first-order valence-electron chi connectivity index (χ1n) is 6.75. The maximum absolute atomic E-state index is 9.70. The van der Waals surface area contributed by atoms with Crippen LogP contribution in [0.1, 0.15) is 5.56 Å². The van der Waals surface area contributed by atoms with Crippen LogP contribution in [-0.4, -0.2) is 17.5 Å². The van der Waals surface area contributed by atoms with Crippen molar-refractivity contribution in [3.8, 4) is 22.8 Å². The van der Waals surface area contributed by atoms with Gasteiger partial charge in [0.25, 0.3) is 0 Å². The molecule has 0 saturated heterocycles. The zero-order valence-electron chi connectivity index (χ0n) is 12.1. The summed E-state index contributed by atoms with van der Waals surface area (Å²) >= 11 is 0. The lowest BCUT2D eigenvalue weighted by molar-refractivity contribution is -0.745. The van der Waals surface area contributed by atoms with Gasteiger partial charge in [-0.05, 0) is 22.9 Å². The number of nitrogens with two attached hydrogens (primary N) is 1. The van der Waals surface area contributed by atoms with E-state index < -0.39 is 0 Å². The van der Waals surface area contributed by atoms with Crippen molar-refractivity contribution in [2.24, 2.45) is 0 Å². The van der Waals surface area contributed by atoms with E-state index >= 15 is 0 Å². The third kappa shape index (κ3) is 2.58. The summed E-state index contributed by atoms with van der Waals surface area (Å²) in [4.78, 5) is 0. The third-order valence-electron chi connectivity index (χ3n) is 3.36. The van der Waals surface area contributed by atoms with Crippen LogP contribution in [0.25, 0.3) is 11.3 Å². The SMILES string of the molecule is COc1cc(-c2c(N)on[n+]2Cc2ccccc2)ccc1O. The lowest BCUT2D eigenvalue weighted by atomic mass is 10.1. The van der Waals surface area contributed by atoms with Gasteiger partial charge in [-0.1, -0.05) is 30.3 Å². The topological polar surface area (TPSA) is 85.4 Å². The summed E-state index contributed by atoms with van der Waals surface area (Å²) in [5, 5.41) is 13.7. The second-order valence-electron chi connectivity index (χ2n) is 4.82. The molecule has 0 radical (unpaired) electrons. The van der Waals surface area contributed by atoms with Crippen molar-refractivity contribution >= 4 is 5.88 Å². The van der Waals surface area contributed by atoms with Gasteiger partial charge in [-0.15, -0.1) is 0 Å². The molecule has 22 heavy (non-hydrogen) atoms. The monoisotopic (exact) mass is 298 g/mol. The number of hydrogen-bond acceptors (Lipinski definition) is 5. The highest BCUT2D eigenvalue weighted by molar-refractivity contribution is 5.68. The Labute approximate surface area is 127 Å². The van der Waals surface area contributed by atoms with Gasteiger partial charge >= 0.3 is 11.6 Å². The maximum atomic E-state index is 9.70. The molecule has 3 aromatic rings. The number of phenolic OH excluding ortho intramolecular Hbond substituents is 1. The fourth-order valence-corrected chi connectivity index (χ4v) is 2.29. The van der Waals surface area contributed by atoms with E-state index in [1.165, 1.54) is 7.11 Å². The molecule has 112 valence electrons. The smallest absolute Gasteiger partial charge is 0.305 e. The zero-order chi connectivity index (χ0) is 15.5. The van der Waals surface area contributed by atoms with Gasteiger partial charge in [0.15, 0.2) is 11.5 Å². The molecule has 6 heteroatoms. The molecule has 3 N–H and O–H groups in total. The van der Waals surface area contributed by atoms with E-state index in [1.54, 1.807) is 22.9 Å². The number of rotatable bonds is 4. The number of nitrogens with zero attached hydrogens (tertiary/aromatic N) is 2. The summed E-state index contributed by atoms with van der Waals surface area (Å²) in [5.41, 5.74) is 8.37. The van der Waals surface area contributed by atoms with Gasteiger partial charge in [-0.25, -0.2) is 0 Å². The number of nitrogen functional groups attached to an aromatic ring is 1. The molecule has 0 aliphatic heterocycles. The molecule has 2 aromatic carbocycles. The van der Waals surface area contributed by atoms with Crippen LogP contribution >= 0.6 is 0 Å². The van der Waals surface area contributed by atoms with Gasteiger partial charge in [0.1, 0.15) is 0 Å². The van der Waals surface area contributed by atoms with E-state index in [1.807, 2.05) is 30.3 Å². The first-order valence-corrected chi connectivity index (χ1v) is 6.75. The Hall–Kier alpha value is -3.02. The molecule has 0 unspecified atom stereocenters. The summed E-state index contributed by atoms with van der Waals surface area (Å²) in [6, 6.07) is 14.9. The van der Waals surface area contributed by atoms with Gasteiger partial charge in [-0.2, -0.15) is 0 Å². The van der Waals surface area contributed by atoms with Crippen molar-refractivity contribution in [1.29, 1.82) is 0 Å². The van der Waals surface area contributed by atoms with Crippen LogP contribution in [0.5, 0.6) is 11.5 Å². The van der Waals surface area contributed by atoms with Crippen LogP contribution in [0.4, 0.5) is 5.88 Å². The van der Waals surface area contributed by atoms with Crippen molar-refractivity contribution < 1.29 is 19.0 Å². The van der Waals surface area contributed by atoms with Gasteiger partial charge < -0.3 is 15.6 Å². The average Bonchev–Trinajstić information content (AvgIpc) is 2.90. The van der Waals surface area contributed by atoms with E-state index in [4.69, 9.17) is 15.0 Å². The molecule has 1 aromatic heterocycles. The lowest BCUT2D eigenvalue weighted by Crippen LogP contribution is -2.38. The number of benzene rings is 2. The largest absolute Gasteiger partial charge is 0.504 e. The summed E-state index contributed by atoms with van der Waals surface area (Å²) in [6.45, 7) is 0.528. The molecule has 3 rings (SSSR count). The molecule has 0 atom stereocenters. The first-order chi connectivity index (χ1) is 10.7. The predicted octanol–water partition coefficient (Wildman–Crippen LogP) is 1.97. The van der Waals surface area contributed by atoms with E-state index in [2.05, 4.69) is 5.27 Å². The minimum absolute atomic E-state index is 0.0656. The summed E-state index contributed by atoms with van der Waals surface area (Å²) in [5.74, 6) is 0.643. The first kappa shape index (κ1) is 13.9. The summed E-state index contributed by atoms with van der Waals surface area (Å²) in [6.07, 6.45) is 0. The highest BCUT2D eigenvalue weighted by Gasteiger charge is 2.25. The van der Waals surface area contributed by atoms with Crippen molar-refractivity contribution in [2.75, 3.05) is 12.8 Å². The van der Waals surface area contributed by atoms with Crippen LogP contribution in [0.15, 0.2) is 53.1 Å². The Morgan fingerprint density at radius 2 is 2.00 bits per heavy atom. The van der Waals surface area contributed by atoms with Crippen LogP contribution in [-0.2, 0) is 6.54 Å². The van der Waals surface area contributed by atoms with Crippen molar-refractivity contribution in [2.45, 2.75) is 6.54 Å². The van der Waals surface area contributed by atoms with Gasteiger partial charge in [0, 0.05) is 5.56 Å². The highest BCUT2D eigenvalue weighted by Crippen LogP contribution is 2.32. The fraction of sp³-hybridized carbons (Fsp3) is 0.125. The molecule has 1 heterocycles. The molecule has 0 aliphatic rings. The van der Waals surface area contributed by atoms with E-state index in [-0.39, 0.29) is 11.6 Å². The quantitative estimate of drug-likeness (QED) is 0.719. The van der Waals surface area contributed by atoms with Crippen LogP contribution < -0.4 is 15.2 Å². The molecule has 0 bridgehead atoms. The van der Waals surface area contributed by atoms with Crippen molar-refractivity contribution in [3.63, 3.8) is 0 Å². The number of methoxy groups -OCH3 is 1. The number of anilines is 1. The lowest BCUT2D eigenvalue weighted by Gasteiger charge is -2.04. The molecule has 0 saturated carbocycles. The van der Waals surface area contributed by atoms with Gasteiger partial charge in [-0.3, -0.25) is 4.52 Å². The second kappa shape index (κ2) is 5.77. The Kier molecular flexibility index (Phi) is 3.65. The van der Waals surface area contributed by atoms with Crippen LogP contribution in [0, 0.1) is 0 Å². The molecular formula is C16H16N3O3+. The molecule has 0 spiro atoms. The number of aromatic nitrogens is 2. The van der Waals surface area contributed by atoms with Gasteiger partial charge in [0.2, 0.25) is 11.8 Å². The number of aromatic hydroxyl groups is 1. The fourth-order valence-electron chi connectivity index (χ4n) is 2.29. The Bertz CT molecular complexity index is 785. The highest BCUT2D eigenvalue weighted by atomic mass is 16.5. The van der Waals surface area contributed by atoms with E-state index in [0.29, 0.717) is 18.0 Å². The standard InChI is InChI=1S/C16H15N3O3/c1-21-14-9-12(7-8-13(14)20)15-16(17)22-18-19(15)10-11-5-3-2-4-6-11/h2-9,17-18H,10H2,1H3/p+1. The minimum atomic E-state index is 0.0656. The maximum Gasteiger partial charge on any atom is 0.305 e. The Morgan fingerprint density at radius 3 is 2.73 bits per heavy atom. The predicted molar refractivity (Wildman–Crippen MR) is 80.3 cm³/mol. The normalized spacial score (nSPS) is 10.6. The van der Waals surface area contributed by atoms with Crippen LogP contribution in [0.2, 0.25) is 0 Å². The second-order valence-corrected chi connectivity index (χ2v) is 4.82. The average molecular weight is 298 g/mol. The number of hydrogen-bond donors (Lipinski definition) is 2. The number of phenols is 1. The van der Waals surface area contributed by atoms with E-state index in [0.717, 1.165) is 11.1 Å². The van der Waals surface area contributed by atoms with Crippen LogP contribution in [0.3, 0.4) is 0 Å².